The van der Waals surface area contributed by atoms with E-state index < -0.39 is 243 Å². The number of aliphatic hydroxyl groups is 1. The van der Waals surface area contributed by atoms with E-state index in [-0.39, 0.29) is 88.0 Å². The van der Waals surface area contributed by atoms with Gasteiger partial charge in [-0.25, -0.2) is 0 Å². The van der Waals surface area contributed by atoms with E-state index in [4.69, 9.17) is 11.5 Å². The van der Waals surface area contributed by atoms with Crippen LogP contribution >= 0.6 is 0 Å². The molecule has 1 unspecified atom stereocenters. The second-order valence-corrected chi connectivity index (χ2v) is 37.2. The highest BCUT2D eigenvalue weighted by molar-refractivity contribution is 6.04. The van der Waals surface area contributed by atoms with Crippen molar-refractivity contribution in [2.24, 2.45) is 35.1 Å². The van der Waals surface area contributed by atoms with Crippen LogP contribution in [0.5, 0.6) is 0 Å². The van der Waals surface area contributed by atoms with Gasteiger partial charge in [0.05, 0.1) is 25.7 Å². The molecule has 0 radical (unpaired) electrons. The lowest BCUT2D eigenvalue weighted by molar-refractivity contribution is -0.146. The molecule has 1 rings (SSSR count). The summed E-state index contributed by atoms with van der Waals surface area (Å²) in [5.41, 5.74) is -2.91. The van der Waals surface area contributed by atoms with E-state index in [2.05, 4.69) is 90.4 Å². The van der Waals surface area contributed by atoms with Gasteiger partial charge in [0, 0.05) is 26.3 Å². The lowest BCUT2D eigenvalue weighted by Gasteiger charge is -2.37. The molecule has 1 saturated heterocycles. The van der Waals surface area contributed by atoms with Crippen molar-refractivity contribution in [3.05, 3.63) is 0 Å². The first-order chi connectivity index (χ1) is 56.7. The highest BCUT2D eigenvalue weighted by atomic mass is 16.3. The molecule has 22 N–H and O–H groups in total. The van der Waals surface area contributed by atoms with Crippen molar-refractivity contribution in [1.29, 1.82) is 0 Å². The molecule has 1 fully saturated rings. The van der Waals surface area contributed by atoms with Crippen molar-refractivity contribution in [1.82, 2.24) is 95.3 Å². The SMILES string of the molecule is CC[C@](C)(NC(=O)CNC(=O)C(C)(C)NC(=O)[C@H](CC(C)C)NC(=O)[C@](C)(CC)NC(=O)[C@H](CCC(N)=O)NC(=O)[C@](C)(CC)NC(=O)[C@H](CC(C)C)NC(=O)[C@H](C)NC(=O)CNC(=O)C(C)(C)NC(C)=O)C(=O)NC(C)(C)C(=O)N1CCC[C@H]1C(=O)N[C@@H](CC(C)C)C(=O)NC(C)(C)C(=O)NC(C)(C)C(=O)N[C@@H](CCC(N)=O)C(=O)NC(CO)CC(C)C. The van der Waals surface area contributed by atoms with E-state index in [0.29, 0.717) is 12.8 Å². The third kappa shape index (κ3) is 35.9. The van der Waals surface area contributed by atoms with Gasteiger partial charge in [-0.1, -0.05) is 76.2 Å². The van der Waals surface area contributed by atoms with Crippen LogP contribution in [0.25, 0.3) is 0 Å². The molecule has 704 valence electrons. The van der Waals surface area contributed by atoms with Gasteiger partial charge in [0.1, 0.15) is 86.6 Å². The lowest BCUT2D eigenvalue weighted by atomic mass is 9.93. The van der Waals surface area contributed by atoms with Crippen LogP contribution < -0.4 is 102 Å². The number of amides is 20. The highest BCUT2D eigenvalue weighted by Gasteiger charge is 2.48. The Balaban J connectivity index is 3.29. The summed E-state index contributed by atoms with van der Waals surface area (Å²) in [5.74, 6) is -16.6. The van der Waals surface area contributed by atoms with Crippen LogP contribution in [-0.4, -0.2) is 247 Å². The number of nitrogens with two attached hydrogens (primary N) is 2. The van der Waals surface area contributed by atoms with E-state index in [0.717, 1.165) is 0 Å². The van der Waals surface area contributed by atoms with Crippen LogP contribution in [0.3, 0.4) is 0 Å². The summed E-state index contributed by atoms with van der Waals surface area (Å²) in [5, 5.41) is 53.9. The molecule has 11 atom stereocenters. The van der Waals surface area contributed by atoms with E-state index >= 15 is 0 Å². The number of rotatable bonds is 52. The van der Waals surface area contributed by atoms with Crippen LogP contribution in [0.2, 0.25) is 0 Å². The molecular weight excluding hydrogens is 1610 g/mol. The molecule has 1 aliphatic rings. The monoisotopic (exact) mass is 1760 g/mol. The number of nitrogens with one attached hydrogen (secondary N) is 17. The zero-order valence-corrected chi connectivity index (χ0v) is 77.7. The molecule has 124 heavy (non-hydrogen) atoms. The second kappa shape index (κ2) is 48.0. The Hall–Kier alpha value is -10.6. The number of carbonyl (C=O) groups is 20. The number of nitrogens with zero attached hydrogens (tertiary/aromatic N) is 1. The summed E-state index contributed by atoms with van der Waals surface area (Å²) >= 11 is 0. The number of aliphatic hydroxyl groups excluding tert-OH is 1. The van der Waals surface area contributed by atoms with Gasteiger partial charge in [0.25, 0.3) is 0 Å². The normalized spacial score (nSPS) is 16.3. The first-order valence-corrected chi connectivity index (χ1v) is 42.5. The number of hydrogen-bond donors (Lipinski definition) is 20. The van der Waals surface area contributed by atoms with Crippen molar-refractivity contribution in [3.8, 4) is 0 Å². The van der Waals surface area contributed by atoms with Crippen LogP contribution in [0, 0.1) is 23.7 Å². The van der Waals surface area contributed by atoms with Crippen molar-refractivity contribution < 1.29 is 101 Å². The molecule has 41 nitrogen and oxygen atoms in total. The molecule has 0 saturated carbocycles. The van der Waals surface area contributed by atoms with Crippen LogP contribution in [0.4, 0.5) is 0 Å². The maximum absolute atomic E-state index is 14.5. The number of carbonyl (C=O) groups excluding carboxylic acids is 20. The molecule has 1 heterocycles. The molecule has 0 aromatic rings. The van der Waals surface area contributed by atoms with E-state index in [1.807, 2.05) is 13.8 Å². The van der Waals surface area contributed by atoms with Gasteiger partial charge in [-0.05, 0) is 191 Å². The summed E-state index contributed by atoms with van der Waals surface area (Å²) in [6.07, 6.45) is -0.595. The zero-order valence-electron chi connectivity index (χ0n) is 77.7. The van der Waals surface area contributed by atoms with E-state index in [1.54, 1.807) is 62.3 Å². The average molecular weight is 1760 g/mol. The molecule has 0 aromatic carbocycles. The number of hydrogen-bond acceptors (Lipinski definition) is 21. The minimum atomic E-state index is -1.85. The Morgan fingerprint density at radius 1 is 0.371 bits per heavy atom. The predicted octanol–water partition coefficient (Wildman–Crippen LogP) is -2.32. The largest absolute Gasteiger partial charge is 0.394 e. The van der Waals surface area contributed by atoms with Crippen molar-refractivity contribution in [2.75, 3.05) is 26.2 Å². The van der Waals surface area contributed by atoms with Crippen LogP contribution in [0.15, 0.2) is 0 Å². The molecule has 0 aliphatic carbocycles. The third-order valence-electron chi connectivity index (χ3n) is 21.2. The summed E-state index contributed by atoms with van der Waals surface area (Å²) < 4.78 is 0. The fourth-order valence-corrected chi connectivity index (χ4v) is 12.9. The average Bonchev–Trinajstić information content (AvgIpc) is 1.38. The topological polar surface area (TPSA) is 621 Å². The fraction of sp³-hybridized carbons (Fsp3) is 0.759. The smallest absolute Gasteiger partial charge is 0.248 e. The highest BCUT2D eigenvalue weighted by Crippen LogP contribution is 2.25. The Morgan fingerprint density at radius 3 is 1.16 bits per heavy atom. The maximum Gasteiger partial charge on any atom is 0.248 e. The Kier molecular flexibility index (Phi) is 43.1. The summed E-state index contributed by atoms with van der Waals surface area (Å²) in [4.78, 5) is 274. The molecule has 0 bridgehead atoms. The van der Waals surface area contributed by atoms with Crippen LogP contribution in [-0.2, 0) is 95.9 Å². The molecular formula is C83H146N20O21. The van der Waals surface area contributed by atoms with Gasteiger partial charge in [0.2, 0.25) is 118 Å². The standard InChI is InChI=1S/C83H146N20O21/c1-27-81(24,100-66(115)54(39-46(8)9)90-61(110)48(12)88-59(108)41-86-68(117)76(14,15)95-49(13)105)72(121)93-52(33-35-58(85)107)63(112)99-82(25,28-2)73(122)94-55(40-47(10)11)65(114)97-77(16,17)69(118)87-42-60(109)96-83(26,29-3)74(123)102-80(22,23)75(124)103-36-30-31-56(103)67(116)91-53(38-45(6)7)64(113)98-79(20,21)71(120)101-78(18,19)70(119)92-51(32-34-57(84)106)62(111)89-50(43-104)37-44(4)5/h44-48,50-56,104H,27-43H2,1-26H3,(H2,84,106)(H2,85,107)(H,86,117)(H,87,118)(H,88,108)(H,89,111)(H,90,110)(H,91,116)(H,92,119)(H,93,121)(H,94,122)(H,95,105)(H,96,109)(H,97,114)(H,98,113)(H,99,112)(H,100,115)(H,101,120)(H,102,123)/t48-,50?,51-,52-,53-,54-,55-,56-,81-,82-,83-/m0/s1. The summed E-state index contributed by atoms with van der Waals surface area (Å²) in [7, 11) is 0. The van der Waals surface area contributed by atoms with Gasteiger partial charge in [-0.2, -0.15) is 0 Å². The molecule has 0 spiro atoms. The van der Waals surface area contributed by atoms with Gasteiger partial charge < -0.3 is 112 Å². The third-order valence-corrected chi connectivity index (χ3v) is 21.2. The van der Waals surface area contributed by atoms with E-state index in [9.17, 15) is 101 Å². The first-order valence-electron chi connectivity index (χ1n) is 42.5. The van der Waals surface area contributed by atoms with Crippen molar-refractivity contribution >= 4 is 118 Å². The van der Waals surface area contributed by atoms with Gasteiger partial charge >= 0.3 is 0 Å². The fourth-order valence-electron chi connectivity index (χ4n) is 12.9. The Labute approximate surface area is 728 Å². The Bertz CT molecular complexity index is 3860. The lowest BCUT2D eigenvalue weighted by Crippen LogP contribution is -2.66. The molecule has 20 amide bonds. The van der Waals surface area contributed by atoms with Crippen LogP contribution in [0.1, 0.15) is 263 Å². The van der Waals surface area contributed by atoms with Gasteiger partial charge in [0.15, 0.2) is 0 Å². The first kappa shape index (κ1) is 111. The minimum absolute atomic E-state index is 0.0154. The van der Waals surface area contributed by atoms with Crippen molar-refractivity contribution in [2.45, 2.75) is 356 Å². The summed E-state index contributed by atoms with van der Waals surface area (Å²) in [6, 6.07) is -9.84. The quantitative estimate of drug-likeness (QED) is 0.0304. The maximum atomic E-state index is 14.5. The van der Waals surface area contributed by atoms with Gasteiger partial charge in [-0.15, -0.1) is 0 Å². The molecule has 0 aromatic heterocycles. The minimum Gasteiger partial charge on any atom is -0.394 e. The van der Waals surface area contributed by atoms with Crippen molar-refractivity contribution in [3.63, 3.8) is 0 Å². The zero-order chi connectivity index (χ0) is 96.1. The van der Waals surface area contributed by atoms with E-state index in [1.165, 1.54) is 109 Å². The number of primary amides is 2. The molecule has 1 aliphatic heterocycles. The molecule has 41 heteroatoms. The number of likely N-dealkylation sites (tertiary alicyclic amines) is 1. The Morgan fingerprint density at radius 2 is 0.734 bits per heavy atom. The summed E-state index contributed by atoms with van der Waals surface area (Å²) in [6.45, 7) is 37.8. The second-order valence-electron chi connectivity index (χ2n) is 37.2. The predicted molar refractivity (Wildman–Crippen MR) is 459 cm³/mol. The van der Waals surface area contributed by atoms with Gasteiger partial charge in [-0.3, -0.25) is 95.9 Å².